The van der Waals surface area contributed by atoms with E-state index in [4.69, 9.17) is 16.0 Å². The molecule has 0 amide bonds. The van der Waals surface area contributed by atoms with Crippen LogP contribution in [0.5, 0.6) is 0 Å². The van der Waals surface area contributed by atoms with E-state index in [0.29, 0.717) is 0 Å². The molecule has 1 aromatic heterocycles. The molecule has 0 saturated carbocycles. The van der Waals surface area contributed by atoms with Crippen molar-refractivity contribution in [3.05, 3.63) is 35.0 Å². The molecule has 0 spiro atoms. The Balaban J connectivity index is 1.74. The maximum Gasteiger partial charge on any atom is 0.134 e. The summed E-state index contributed by atoms with van der Waals surface area (Å²) in [5.74, 6) is 1.02. The Hall–Kier alpha value is -1.03. The number of benzene rings is 1. The number of rotatable bonds is 2. The van der Waals surface area contributed by atoms with E-state index in [0.717, 1.165) is 54.5 Å². The fourth-order valence-electron chi connectivity index (χ4n) is 2.37. The van der Waals surface area contributed by atoms with Crippen LogP contribution < -0.4 is 0 Å². The molecular formula is C14H17ClN2O. The van der Waals surface area contributed by atoms with Crippen LogP contribution in [0.15, 0.2) is 28.7 Å². The highest BCUT2D eigenvalue weighted by molar-refractivity contribution is 6.31. The fraction of sp³-hybridized carbons (Fsp3) is 0.429. The zero-order valence-electron chi connectivity index (χ0n) is 10.5. The summed E-state index contributed by atoms with van der Waals surface area (Å²) in [6.45, 7) is 5.36. The van der Waals surface area contributed by atoms with Gasteiger partial charge in [-0.15, -0.1) is 0 Å². The lowest BCUT2D eigenvalue weighted by Gasteiger charge is -2.31. The van der Waals surface area contributed by atoms with Crippen LogP contribution in [-0.4, -0.2) is 43.0 Å². The van der Waals surface area contributed by atoms with Gasteiger partial charge in [0.05, 0.1) is 6.54 Å². The number of halogens is 1. The molecule has 96 valence electrons. The van der Waals surface area contributed by atoms with Crippen molar-refractivity contribution in [2.24, 2.45) is 0 Å². The summed E-state index contributed by atoms with van der Waals surface area (Å²) in [6.07, 6.45) is 0. The molecule has 1 aliphatic rings. The van der Waals surface area contributed by atoms with E-state index in [-0.39, 0.29) is 0 Å². The lowest BCUT2D eigenvalue weighted by molar-refractivity contribution is 0.141. The monoisotopic (exact) mass is 264 g/mol. The van der Waals surface area contributed by atoms with Crippen LogP contribution in [0.25, 0.3) is 11.0 Å². The number of nitrogens with zero attached hydrogens (tertiary/aromatic N) is 2. The van der Waals surface area contributed by atoms with Gasteiger partial charge in [0.1, 0.15) is 11.3 Å². The van der Waals surface area contributed by atoms with Gasteiger partial charge in [0.15, 0.2) is 0 Å². The van der Waals surface area contributed by atoms with Gasteiger partial charge < -0.3 is 9.32 Å². The zero-order chi connectivity index (χ0) is 12.5. The van der Waals surface area contributed by atoms with Gasteiger partial charge in [-0.2, -0.15) is 0 Å². The molecule has 3 rings (SSSR count). The quantitative estimate of drug-likeness (QED) is 0.832. The van der Waals surface area contributed by atoms with Crippen molar-refractivity contribution in [2.75, 3.05) is 33.2 Å². The van der Waals surface area contributed by atoms with E-state index in [9.17, 15) is 0 Å². The smallest absolute Gasteiger partial charge is 0.134 e. The van der Waals surface area contributed by atoms with Crippen LogP contribution in [-0.2, 0) is 6.54 Å². The van der Waals surface area contributed by atoms with E-state index >= 15 is 0 Å². The first-order valence-electron chi connectivity index (χ1n) is 6.29. The largest absolute Gasteiger partial charge is 0.460 e. The summed E-state index contributed by atoms with van der Waals surface area (Å²) in [4.78, 5) is 4.79. The maximum atomic E-state index is 5.98. The predicted molar refractivity (Wildman–Crippen MR) is 74.0 cm³/mol. The van der Waals surface area contributed by atoms with E-state index < -0.39 is 0 Å². The molecule has 1 saturated heterocycles. The van der Waals surface area contributed by atoms with E-state index in [1.54, 1.807) is 0 Å². The minimum absolute atomic E-state index is 0.759. The van der Waals surface area contributed by atoms with Gasteiger partial charge in [0.25, 0.3) is 0 Å². The second-order valence-corrected chi connectivity index (χ2v) is 5.41. The van der Waals surface area contributed by atoms with Gasteiger partial charge in [0.2, 0.25) is 0 Å². The number of hydrogen-bond acceptors (Lipinski definition) is 3. The third-order valence-electron chi connectivity index (χ3n) is 3.50. The number of piperazine rings is 1. The molecule has 0 bridgehead atoms. The molecule has 4 heteroatoms. The fourth-order valence-corrected chi connectivity index (χ4v) is 2.55. The van der Waals surface area contributed by atoms with Crippen LogP contribution >= 0.6 is 11.6 Å². The van der Waals surface area contributed by atoms with Gasteiger partial charge in [-0.1, -0.05) is 11.6 Å². The van der Waals surface area contributed by atoms with Gasteiger partial charge in [0, 0.05) is 36.6 Å². The molecule has 0 atom stereocenters. The van der Waals surface area contributed by atoms with Crippen molar-refractivity contribution in [2.45, 2.75) is 6.54 Å². The molecule has 0 radical (unpaired) electrons. The van der Waals surface area contributed by atoms with Crippen molar-refractivity contribution in [3.63, 3.8) is 0 Å². The standard InChI is InChI=1S/C14H17ClN2O/c1-16-4-6-17(7-5-16)10-13-9-11-8-12(15)2-3-14(11)18-13/h2-3,8-9H,4-7,10H2,1H3. The molecule has 1 aromatic carbocycles. The molecule has 1 fully saturated rings. The third kappa shape index (κ3) is 2.53. The lowest BCUT2D eigenvalue weighted by atomic mass is 10.2. The number of fused-ring (bicyclic) bond motifs is 1. The molecule has 2 aromatic rings. The van der Waals surface area contributed by atoms with Gasteiger partial charge >= 0.3 is 0 Å². The van der Waals surface area contributed by atoms with Gasteiger partial charge in [-0.3, -0.25) is 4.90 Å². The SMILES string of the molecule is CN1CCN(Cc2cc3cc(Cl)ccc3o2)CC1. The Labute approximate surface area is 112 Å². The maximum absolute atomic E-state index is 5.98. The zero-order valence-corrected chi connectivity index (χ0v) is 11.3. The molecular weight excluding hydrogens is 248 g/mol. The summed E-state index contributed by atoms with van der Waals surface area (Å²) >= 11 is 5.98. The topological polar surface area (TPSA) is 19.6 Å². The van der Waals surface area contributed by atoms with Crippen LogP contribution in [0, 0.1) is 0 Å². The van der Waals surface area contributed by atoms with Crippen LogP contribution in [0.3, 0.4) is 0 Å². The number of furan rings is 1. The Kier molecular flexibility index (Phi) is 3.29. The second kappa shape index (κ2) is 4.92. The van der Waals surface area contributed by atoms with Crippen LogP contribution in [0.1, 0.15) is 5.76 Å². The average Bonchev–Trinajstić information content (AvgIpc) is 2.73. The van der Waals surface area contributed by atoms with Crippen molar-refractivity contribution in [1.82, 2.24) is 9.80 Å². The Bertz CT molecular complexity index is 544. The minimum atomic E-state index is 0.759. The normalized spacial score (nSPS) is 18.6. The molecule has 0 aliphatic carbocycles. The molecule has 2 heterocycles. The van der Waals surface area contributed by atoms with Crippen LogP contribution in [0.4, 0.5) is 0 Å². The molecule has 0 unspecified atom stereocenters. The van der Waals surface area contributed by atoms with Crippen molar-refractivity contribution >= 4 is 22.6 Å². The molecule has 18 heavy (non-hydrogen) atoms. The van der Waals surface area contributed by atoms with Gasteiger partial charge in [-0.05, 0) is 31.3 Å². The summed E-state index contributed by atoms with van der Waals surface area (Å²) in [5, 5.41) is 1.85. The Morgan fingerprint density at radius 3 is 2.72 bits per heavy atom. The van der Waals surface area contributed by atoms with E-state index in [2.05, 4.69) is 22.9 Å². The highest BCUT2D eigenvalue weighted by atomic mass is 35.5. The number of hydrogen-bond donors (Lipinski definition) is 0. The summed E-state index contributed by atoms with van der Waals surface area (Å²) in [6, 6.07) is 7.85. The third-order valence-corrected chi connectivity index (χ3v) is 3.74. The predicted octanol–water partition coefficient (Wildman–Crippen LogP) is 2.83. The first-order valence-corrected chi connectivity index (χ1v) is 6.67. The molecule has 3 nitrogen and oxygen atoms in total. The highest BCUT2D eigenvalue weighted by Crippen LogP contribution is 2.24. The van der Waals surface area contributed by atoms with E-state index in [1.165, 1.54) is 0 Å². The first-order chi connectivity index (χ1) is 8.70. The highest BCUT2D eigenvalue weighted by Gasteiger charge is 2.15. The first kappa shape index (κ1) is 12.0. The van der Waals surface area contributed by atoms with E-state index in [1.807, 2.05) is 18.2 Å². The summed E-state index contributed by atoms with van der Waals surface area (Å²) in [5.41, 5.74) is 0.920. The average molecular weight is 265 g/mol. The minimum Gasteiger partial charge on any atom is -0.460 e. The van der Waals surface area contributed by atoms with Crippen molar-refractivity contribution in [1.29, 1.82) is 0 Å². The van der Waals surface area contributed by atoms with Crippen molar-refractivity contribution in [3.8, 4) is 0 Å². The molecule has 0 N–H and O–H groups in total. The van der Waals surface area contributed by atoms with Crippen molar-refractivity contribution < 1.29 is 4.42 Å². The Morgan fingerprint density at radius 2 is 1.94 bits per heavy atom. The summed E-state index contributed by atoms with van der Waals surface area (Å²) < 4.78 is 5.84. The Morgan fingerprint density at radius 1 is 1.17 bits per heavy atom. The number of likely N-dealkylation sites (N-methyl/N-ethyl adjacent to an activating group) is 1. The summed E-state index contributed by atoms with van der Waals surface area (Å²) in [7, 11) is 2.17. The molecule has 1 aliphatic heterocycles. The van der Waals surface area contributed by atoms with Gasteiger partial charge in [-0.25, -0.2) is 0 Å². The second-order valence-electron chi connectivity index (χ2n) is 4.97. The lowest BCUT2D eigenvalue weighted by Crippen LogP contribution is -2.43. The van der Waals surface area contributed by atoms with Crippen LogP contribution in [0.2, 0.25) is 5.02 Å².